The molecule has 0 amide bonds. The summed E-state index contributed by atoms with van der Waals surface area (Å²) in [5, 5.41) is 14.4. The molecule has 29 heavy (non-hydrogen) atoms. The van der Waals surface area contributed by atoms with Gasteiger partial charge in [-0.05, 0) is 53.5 Å². The molecule has 2 aromatic rings. The van der Waals surface area contributed by atoms with Crippen LogP contribution in [0.3, 0.4) is 0 Å². The number of phenols is 1. The zero-order chi connectivity index (χ0) is 20.0. The average molecular weight is 409 g/mol. The molecule has 2 heterocycles. The first-order valence-corrected chi connectivity index (χ1v) is 10.2. The van der Waals surface area contributed by atoms with Crippen LogP contribution < -0.4 is 10.1 Å². The molecular weight excluding hydrogens is 388 g/mol. The van der Waals surface area contributed by atoms with E-state index < -0.39 is 0 Å². The number of carbonyl (C=O) groups excluding carboxylic acids is 1. The molecule has 2 aliphatic heterocycles. The molecule has 3 aliphatic rings. The number of nitrogens with one attached hydrogen (secondary N) is 1. The Balaban J connectivity index is 1.46. The van der Waals surface area contributed by atoms with Crippen molar-refractivity contribution in [3.63, 3.8) is 0 Å². The van der Waals surface area contributed by atoms with Crippen LogP contribution in [0, 0.1) is 0 Å². The molecule has 0 unspecified atom stereocenters. The van der Waals surface area contributed by atoms with Gasteiger partial charge in [0.25, 0.3) is 0 Å². The maximum atomic E-state index is 13.0. The van der Waals surface area contributed by atoms with Crippen molar-refractivity contribution in [2.24, 2.45) is 0 Å². The van der Waals surface area contributed by atoms with Crippen LogP contribution in [-0.4, -0.2) is 42.0 Å². The van der Waals surface area contributed by atoms with E-state index in [2.05, 4.69) is 16.3 Å². The van der Waals surface area contributed by atoms with Gasteiger partial charge in [-0.2, -0.15) is 0 Å². The zero-order valence-corrected chi connectivity index (χ0v) is 16.6. The van der Waals surface area contributed by atoms with Crippen molar-refractivity contribution in [1.29, 1.82) is 0 Å². The third kappa shape index (κ3) is 3.35. The molecule has 5 rings (SSSR count). The lowest BCUT2D eigenvalue weighted by atomic mass is 10.0. The average Bonchev–Trinajstić information content (AvgIpc) is 3.26. The number of fused-ring (bicyclic) bond motifs is 2. The number of ketones is 1. The lowest BCUT2D eigenvalue weighted by Crippen LogP contribution is -2.42. The summed E-state index contributed by atoms with van der Waals surface area (Å²) in [7, 11) is 0. The molecule has 0 atom stereocenters. The number of ether oxygens (including phenoxy) is 1. The van der Waals surface area contributed by atoms with Gasteiger partial charge >= 0.3 is 0 Å². The summed E-state index contributed by atoms with van der Waals surface area (Å²) < 4.78 is 6.02. The minimum Gasteiger partial charge on any atom is -0.507 e. The Morgan fingerprint density at radius 3 is 2.83 bits per heavy atom. The fourth-order valence-electron chi connectivity index (χ4n) is 4.15. The molecule has 0 saturated carbocycles. The molecule has 1 saturated heterocycles. The van der Waals surface area contributed by atoms with Gasteiger partial charge in [-0.15, -0.1) is 0 Å². The van der Waals surface area contributed by atoms with Crippen LogP contribution in [0.25, 0.3) is 5.57 Å². The van der Waals surface area contributed by atoms with Gasteiger partial charge in [-0.1, -0.05) is 23.7 Å². The lowest BCUT2D eigenvalue weighted by molar-refractivity contribution is 0.101. The number of hydrogen-bond acceptors (Lipinski definition) is 5. The standard InChI is InChI=1S/C23H21ClN2O3/c24-16-4-3-14-1-2-15(18(14)12-16)11-21-22(28)17-5-6-20(27)19(23(17)29-21)13-26-9-7-25-8-10-26/h2-6,11-12,25,27H,1,7-10,13H2/b21-11-. The summed E-state index contributed by atoms with van der Waals surface area (Å²) in [5.74, 6) is 0.766. The van der Waals surface area contributed by atoms with Gasteiger partial charge in [0.05, 0.1) is 11.1 Å². The number of hydrogen-bond donors (Lipinski definition) is 2. The van der Waals surface area contributed by atoms with Crippen LogP contribution in [0.2, 0.25) is 5.02 Å². The number of nitrogens with zero attached hydrogens (tertiary/aromatic N) is 1. The largest absolute Gasteiger partial charge is 0.507 e. The van der Waals surface area contributed by atoms with E-state index in [0.717, 1.165) is 43.7 Å². The summed E-state index contributed by atoms with van der Waals surface area (Å²) in [5.41, 5.74) is 4.32. The highest BCUT2D eigenvalue weighted by Crippen LogP contribution is 2.41. The number of halogens is 1. The molecule has 1 fully saturated rings. The first kappa shape index (κ1) is 18.4. The van der Waals surface area contributed by atoms with E-state index in [-0.39, 0.29) is 17.3 Å². The number of phenolic OH excluding ortho intramolecular Hbond substituents is 1. The highest BCUT2D eigenvalue weighted by Gasteiger charge is 2.32. The van der Waals surface area contributed by atoms with Crippen LogP contribution in [0.5, 0.6) is 11.5 Å². The van der Waals surface area contributed by atoms with Crippen molar-refractivity contribution < 1.29 is 14.6 Å². The Morgan fingerprint density at radius 2 is 2.00 bits per heavy atom. The molecular formula is C23H21ClN2O3. The van der Waals surface area contributed by atoms with Gasteiger partial charge in [0, 0.05) is 37.7 Å². The van der Waals surface area contributed by atoms with Crippen LogP contribution in [0.4, 0.5) is 0 Å². The molecule has 6 heteroatoms. The van der Waals surface area contributed by atoms with E-state index in [1.54, 1.807) is 18.2 Å². The zero-order valence-electron chi connectivity index (χ0n) is 15.9. The SMILES string of the molecule is O=C1/C(=C/C2=CCc3ccc(Cl)cc32)Oc2c1ccc(O)c2CN1CCNCC1. The Hall–Kier alpha value is -2.60. The highest BCUT2D eigenvalue weighted by molar-refractivity contribution is 6.30. The quantitative estimate of drug-likeness (QED) is 0.760. The first-order valence-electron chi connectivity index (χ1n) is 9.81. The minimum atomic E-state index is -0.155. The molecule has 0 spiro atoms. The van der Waals surface area contributed by atoms with Crippen molar-refractivity contribution in [3.05, 3.63) is 75.5 Å². The van der Waals surface area contributed by atoms with Crippen molar-refractivity contribution in [2.75, 3.05) is 26.2 Å². The van der Waals surface area contributed by atoms with Gasteiger partial charge in [0.1, 0.15) is 11.5 Å². The second kappa shape index (κ2) is 7.34. The minimum absolute atomic E-state index is 0.155. The fourth-order valence-corrected chi connectivity index (χ4v) is 4.32. The predicted octanol–water partition coefficient (Wildman–Crippen LogP) is 3.55. The number of piperazine rings is 1. The number of allylic oxidation sites excluding steroid dienone is 4. The molecule has 0 aromatic heterocycles. The van der Waals surface area contributed by atoms with Crippen molar-refractivity contribution in [3.8, 4) is 11.5 Å². The molecule has 2 aromatic carbocycles. The highest BCUT2D eigenvalue weighted by atomic mass is 35.5. The van der Waals surface area contributed by atoms with E-state index in [1.807, 2.05) is 18.2 Å². The monoisotopic (exact) mass is 408 g/mol. The van der Waals surface area contributed by atoms with Gasteiger partial charge in [-0.25, -0.2) is 0 Å². The van der Waals surface area contributed by atoms with Gasteiger partial charge in [0.15, 0.2) is 5.76 Å². The molecule has 2 N–H and O–H groups in total. The molecule has 1 aliphatic carbocycles. The van der Waals surface area contributed by atoms with E-state index in [4.69, 9.17) is 16.3 Å². The normalized spacial score (nSPS) is 19.8. The Bertz CT molecular complexity index is 1070. The number of Topliss-reactive ketones (excluding diaryl/α,β-unsaturated/α-hetero) is 1. The Morgan fingerprint density at radius 1 is 1.17 bits per heavy atom. The van der Waals surface area contributed by atoms with Gasteiger partial charge in [0.2, 0.25) is 5.78 Å². The molecule has 0 radical (unpaired) electrons. The summed E-state index contributed by atoms with van der Waals surface area (Å²) in [6, 6.07) is 9.03. The first-order chi connectivity index (χ1) is 14.1. The van der Waals surface area contributed by atoms with Crippen LogP contribution in [0.1, 0.15) is 27.0 Å². The van der Waals surface area contributed by atoms with Crippen molar-refractivity contribution in [1.82, 2.24) is 10.2 Å². The van der Waals surface area contributed by atoms with Gasteiger partial charge < -0.3 is 15.2 Å². The molecule has 0 bridgehead atoms. The van der Waals surface area contributed by atoms with Crippen LogP contribution in [-0.2, 0) is 13.0 Å². The summed E-state index contributed by atoms with van der Waals surface area (Å²) in [6.07, 6.45) is 4.67. The smallest absolute Gasteiger partial charge is 0.231 e. The Labute approximate surface area is 174 Å². The third-order valence-corrected chi connectivity index (χ3v) is 5.95. The van der Waals surface area contributed by atoms with Crippen molar-refractivity contribution in [2.45, 2.75) is 13.0 Å². The number of carbonyl (C=O) groups is 1. The lowest BCUT2D eigenvalue weighted by Gasteiger charge is -2.27. The van der Waals surface area contributed by atoms with E-state index in [9.17, 15) is 9.90 Å². The maximum Gasteiger partial charge on any atom is 0.231 e. The predicted molar refractivity (Wildman–Crippen MR) is 112 cm³/mol. The van der Waals surface area contributed by atoms with E-state index >= 15 is 0 Å². The molecule has 5 nitrogen and oxygen atoms in total. The fraction of sp³-hybridized carbons (Fsp3) is 0.261. The summed E-state index contributed by atoms with van der Waals surface area (Å²) in [4.78, 5) is 15.2. The van der Waals surface area contributed by atoms with Crippen molar-refractivity contribution >= 4 is 23.0 Å². The van der Waals surface area contributed by atoms with E-state index in [1.165, 1.54) is 5.56 Å². The van der Waals surface area contributed by atoms with Gasteiger partial charge in [-0.3, -0.25) is 9.69 Å². The summed E-state index contributed by atoms with van der Waals surface area (Å²) >= 11 is 6.15. The maximum absolute atomic E-state index is 13.0. The van der Waals surface area contributed by atoms with Crippen LogP contribution in [0.15, 0.2) is 48.2 Å². The third-order valence-electron chi connectivity index (χ3n) is 5.72. The molecule has 148 valence electrons. The number of benzene rings is 2. The van der Waals surface area contributed by atoms with E-state index in [0.29, 0.717) is 28.4 Å². The summed E-state index contributed by atoms with van der Waals surface area (Å²) in [6.45, 7) is 4.17. The second-order valence-corrected chi connectivity index (χ2v) is 8.01. The van der Waals surface area contributed by atoms with Crippen LogP contribution >= 0.6 is 11.6 Å². The number of rotatable bonds is 3. The topological polar surface area (TPSA) is 61.8 Å². The Kier molecular flexibility index (Phi) is 4.66. The second-order valence-electron chi connectivity index (χ2n) is 7.57. The number of aromatic hydroxyl groups is 1.